The van der Waals surface area contributed by atoms with Gasteiger partial charge in [-0.05, 0) is 6.42 Å². The number of ether oxygens (including phenoxy) is 1. The van der Waals surface area contributed by atoms with Crippen LogP contribution in [0, 0.1) is 0 Å². The van der Waals surface area contributed by atoms with Gasteiger partial charge in [0.25, 0.3) is 0 Å². The maximum Gasteiger partial charge on any atom is 0.176 e. The van der Waals surface area contributed by atoms with Crippen LogP contribution in [-0.4, -0.2) is 69.9 Å². The van der Waals surface area contributed by atoms with E-state index in [1.54, 1.807) is 0 Å². The van der Waals surface area contributed by atoms with E-state index in [2.05, 4.69) is 25.9 Å². The van der Waals surface area contributed by atoms with Gasteiger partial charge in [0.15, 0.2) is 5.82 Å². The van der Waals surface area contributed by atoms with Crippen molar-refractivity contribution in [2.75, 3.05) is 27.2 Å². The first-order valence-electron chi connectivity index (χ1n) is 5.95. The molecule has 0 bridgehead atoms. The van der Waals surface area contributed by atoms with Crippen molar-refractivity contribution in [2.24, 2.45) is 0 Å². The van der Waals surface area contributed by atoms with Crippen LogP contribution in [0.15, 0.2) is 0 Å². The molecule has 0 amide bonds. The number of aromatic nitrogens is 4. The predicted molar refractivity (Wildman–Crippen MR) is 70.3 cm³/mol. The van der Waals surface area contributed by atoms with Crippen molar-refractivity contribution in [1.29, 1.82) is 0 Å². The minimum atomic E-state index is 0.208. The molecule has 100 valence electrons. The summed E-state index contributed by atoms with van der Waals surface area (Å²) in [5.41, 5.74) is 0. The standard InChI is InChI=1S/C10H18N6OS/c1-16(2)10(18)8-5-7(6-11-8)17-4-3-9-12-14-15-13-9/h7-8,11H,3-6H2,1-2H3,(H,12,13,14,15)/t7-,8+/m1/s1. The number of tetrazole rings is 1. The molecule has 1 aliphatic heterocycles. The third kappa shape index (κ3) is 3.44. The van der Waals surface area contributed by atoms with Crippen LogP contribution in [0.5, 0.6) is 0 Å². The molecule has 2 N–H and O–H groups in total. The molecule has 1 saturated heterocycles. The van der Waals surface area contributed by atoms with Crippen LogP contribution in [0.25, 0.3) is 0 Å². The second-order valence-corrected chi connectivity index (χ2v) is 4.92. The molecule has 2 rings (SSSR count). The summed E-state index contributed by atoms with van der Waals surface area (Å²) in [6.07, 6.45) is 1.80. The van der Waals surface area contributed by atoms with Gasteiger partial charge >= 0.3 is 0 Å². The van der Waals surface area contributed by atoms with E-state index in [0.717, 1.165) is 18.0 Å². The van der Waals surface area contributed by atoms with Crippen LogP contribution in [0.2, 0.25) is 0 Å². The third-order valence-electron chi connectivity index (χ3n) is 2.90. The Hall–Kier alpha value is -1.12. The van der Waals surface area contributed by atoms with E-state index < -0.39 is 0 Å². The van der Waals surface area contributed by atoms with E-state index in [0.29, 0.717) is 18.9 Å². The Balaban J connectivity index is 1.68. The fourth-order valence-corrected chi connectivity index (χ4v) is 2.11. The highest BCUT2D eigenvalue weighted by Crippen LogP contribution is 2.13. The Morgan fingerprint density at radius 1 is 1.56 bits per heavy atom. The van der Waals surface area contributed by atoms with Crippen LogP contribution in [0.4, 0.5) is 0 Å². The van der Waals surface area contributed by atoms with E-state index in [-0.39, 0.29) is 12.1 Å². The minimum Gasteiger partial charge on any atom is -0.376 e. The van der Waals surface area contributed by atoms with Gasteiger partial charge in [-0.2, -0.15) is 5.21 Å². The van der Waals surface area contributed by atoms with Crippen LogP contribution in [0.1, 0.15) is 12.2 Å². The molecule has 2 atom stereocenters. The fourth-order valence-electron chi connectivity index (χ4n) is 1.94. The predicted octanol–water partition coefficient (Wildman–Crippen LogP) is -0.622. The summed E-state index contributed by atoms with van der Waals surface area (Å²) in [6, 6.07) is 0.241. The summed E-state index contributed by atoms with van der Waals surface area (Å²) >= 11 is 5.34. The quantitative estimate of drug-likeness (QED) is 0.690. The summed E-state index contributed by atoms with van der Waals surface area (Å²) in [7, 11) is 3.93. The van der Waals surface area contributed by atoms with Crippen molar-refractivity contribution in [3.8, 4) is 0 Å². The van der Waals surface area contributed by atoms with Gasteiger partial charge in [0.2, 0.25) is 0 Å². The van der Waals surface area contributed by atoms with Gasteiger partial charge in [0.05, 0.1) is 23.7 Å². The molecule has 1 aromatic heterocycles. The van der Waals surface area contributed by atoms with Crippen molar-refractivity contribution >= 4 is 17.2 Å². The van der Waals surface area contributed by atoms with Crippen LogP contribution in [0.3, 0.4) is 0 Å². The van der Waals surface area contributed by atoms with Gasteiger partial charge in [0.1, 0.15) is 0 Å². The highest BCUT2D eigenvalue weighted by molar-refractivity contribution is 7.80. The summed E-state index contributed by atoms with van der Waals surface area (Å²) in [4.78, 5) is 2.90. The molecule has 0 radical (unpaired) electrons. The molecule has 0 aliphatic carbocycles. The lowest BCUT2D eigenvalue weighted by Crippen LogP contribution is -2.38. The number of hydrogen-bond acceptors (Lipinski definition) is 6. The van der Waals surface area contributed by atoms with Gasteiger partial charge in [-0.3, -0.25) is 0 Å². The first-order chi connectivity index (χ1) is 8.66. The van der Waals surface area contributed by atoms with E-state index in [1.807, 2.05) is 19.0 Å². The number of nitrogens with one attached hydrogen (secondary N) is 2. The highest BCUT2D eigenvalue weighted by atomic mass is 32.1. The Morgan fingerprint density at radius 3 is 3.06 bits per heavy atom. The molecule has 1 fully saturated rings. The van der Waals surface area contributed by atoms with Crippen LogP contribution < -0.4 is 5.32 Å². The van der Waals surface area contributed by atoms with Gasteiger partial charge < -0.3 is 15.0 Å². The molecule has 1 aliphatic rings. The SMILES string of the molecule is CN(C)C(=S)[C@@H]1C[C@@H](OCCc2nn[nH]n2)CN1. The van der Waals surface area contributed by atoms with E-state index in [1.165, 1.54) is 0 Å². The monoisotopic (exact) mass is 270 g/mol. The third-order valence-corrected chi connectivity index (χ3v) is 3.55. The van der Waals surface area contributed by atoms with E-state index in [9.17, 15) is 0 Å². The average Bonchev–Trinajstić information content (AvgIpc) is 2.99. The van der Waals surface area contributed by atoms with Crippen molar-refractivity contribution in [3.05, 3.63) is 5.82 Å². The lowest BCUT2D eigenvalue weighted by Gasteiger charge is -2.19. The molecule has 0 saturated carbocycles. The Kier molecular flexibility index (Phi) is 4.56. The Labute approximate surface area is 111 Å². The molecule has 0 unspecified atom stereocenters. The number of aromatic amines is 1. The number of H-pyrrole nitrogens is 1. The first-order valence-corrected chi connectivity index (χ1v) is 6.36. The molecule has 0 aromatic carbocycles. The number of nitrogens with zero attached hydrogens (tertiary/aromatic N) is 4. The average molecular weight is 270 g/mol. The number of thiocarbonyl (C=S) groups is 1. The summed E-state index contributed by atoms with van der Waals surface area (Å²) < 4.78 is 5.77. The van der Waals surface area contributed by atoms with E-state index in [4.69, 9.17) is 17.0 Å². The van der Waals surface area contributed by atoms with E-state index >= 15 is 0 Å². The smallest absolute Gasteiger partial charge is 0.176 e. The zero-order chi connectivity index (χ0) is 13.0. The Bertz CT molecular complexity index is 382. The molecule has 8 heteroatoms. The van der Waals surface area contributed by atoms with Gasteiger partial charge in [0, 0.05) is 27.1 Å². The number of rotatable bonds is 5. The first kappa shape index (κ1) is 13.3. The molecular weight excluding hydrogens is 252 g/mol. The maximum atomic E-state index is 5.77. The molecule has 7 nitrogen and oxygen atoms in total. The van der Waals surface area contributed by atoms with Gasteiger partial charge in [-0.1, -0.05) is 17.4 Å². The molecule has 2 heterocycles. The Morgan fingerprint density at radius 2 is 2.39 bits per heavy atom. The largest absolute Gasteiger partial charge is 0.376 e. The number of likely N-dealkylation sites (N-methyl/N-ethyl adjacent to an activating group) is 1. The highest BCUT2D eigenvalue weighted by Gasteiger charge is 2.28. The van der Waals surface area contributed by atoms with Crippen LogP contribution >= 0.6 is 12.2 Å². The molecule has 18 heavy (non-hydrogen) atoms. The fraction of sp³-hybridized carbons (Fsp3) is 0.800. The summed E-state index contributed by atoms with van der Waals surface area (Å²) in [6.45, 7) is 1.44. The van der Waals surface area contributed by atoms with Crippen LogP contribution in [-0.2, 0) is 11.2 Å². The second kappa shape index (κ2) is 6.17. The van der Waals surface area contributed by atoms with Gasteiger partial charge in [-0.15, -0.1) is 10.2 Å². The maximum absolute atomic E-state index is 5.77. The van der Waals surface area contributed by atoms with Crippen molar-refractivity contribution in [1.82, 2.24) is 30.8 Å². The number of hydrogen-bond donors (Lipinski definition) is 2. The molecule has 0 spiro atoms. The summed E-state index contributed by atoms with van der Waals surface area (Å²) in [5.74, 6) is 0.682. The lowest BCUT2D eigenvalue weighted by atomic mass is 10.2. The minimum absolute atomic E-state index is 0.208. The topological polar surface area (TPSA) is 79.0 Å². The van der Waals surface area contributed by atoms with Crippen molar-refractivity contribution in [2.45, 2.75) is 25.0 Å². The zero-order valence-corrected chi connectivity index (χ0v) is 11.4. The molecule has 1 aromatic rings. The second-order valence-electron chi connectivity index (χ2n) is 4.50. The zero-order valence-electron chi connectivity index (χ0n) is 10.6. The normalized spacial score (nSPS) is 23.2. The van der Waals surface area contributed by atoms with Crippen molar-refractivity contribution in [3.63, 3.8) is 0 Å². The summed E-state index contributed by atoms with van der Waals surface area (Å²) in [5, 5.41) is 17.0. The lowest BCUT2D eigenvalue weighted by molar-refractivity contribution is 0.0677. The van der Waals surface area contributed by atoms with Gasteiger partial charge in [-0.25, -0.2) is 0 Å². The van der Waals surface area contributed by atoms with Crippen molar-refractivity contribution < 1.29 is 4.74 Å². The molecular formula is C10H18N6OS.